The first-order valence-corrected chi connectivity index (χ1v) is 11.9. The van der Waals surface area contributed by atoms with Crippen molar-refractivity contribution in [1.29, 1.82) is 0 Å². The van der Waals surface area contributed by atoms with Gasteiger partial charge in [0.25, 0.3) is 23.6 Å². The highest BCUT2D eigenvalue weighted by atomic mass is 16.7. The fourth-order valence-electron chi connectivity index (χ4n) is 3.83. The Balaban J connectivity index is 1.36. The smallest absolute Gasteiger partial charge is 0.434 e. The number of imide groups is 1. The predicted octanol–water partition coefficient (Wildman–Crippen LogP) is 4.73. The van der Waals surface area contributed by atoms with Crippen LogP contribution in [-0.2, 0) is 4.74 Å². The molecule has 1 heterocycles. The molecule has 0 atom stereocenters. The standard InChI is InChI=1S/C28H25N3O7/c1-4-37-28(36)38-21-12-5-17(6-13-21)24(32)29-19-8-10-20(11-9-19)30-25(33)18-7-14-22-23(15-18)27(35)31(16(2)3)26(22)34/h5-16H,4H2,1-3H3,(H,29,32)(H,30,33). The maximum atomic E-state index is 12.8. The third-order valence-corrected chi connectivity index (χ3v) is 5.68. The molecule has 3 aromatic carbocycles. The topological polar surface area (TPSA) is 131 Å². The normalized spacial score (nSPS) is 12.3. The van der Waals surface area contributed by atoms with E-state index in [-0.39, 0.29) is 46.9 Å². The van der Waals surface area contributed by atoms with Crippen molar-refractivity contribution >= 4 is 41.2 Å². The molecule has 0 radical (unpaired) electrons. The summed E-state index contributed by atoms with van der Waals surface area (Å²) in [6.07, 6.45) is -0.825. The minimum Gasteiger partial charge on any atom is -0.434 e. The van der Waals surface area contributed by atoms with E-state index in [1.54, 1.807) is 45.0 Å². The molecule has 0 saturated heterocycles. The number of hydrogen-bond donors (Lipinski definition) is 2. The van der Waals surface area contributed by atoms with E-state index in [4.69, 9.17) is 9.47 Å². The zero-order valence-electron chi connectivity index (χ0n) is 20.9. The third kappa shape index (κ3) is 5.54. The highest BCUT2D eigenvalue weighted by molar-refractivity contribution is 6.22. The number of hydrogen-bond acceptors (Lipinski definition) is 7. The lowest BCUT2D eigenvalue weighted by molar-refractivity contribution is 0.0608. The maximum absolute atomic E-state index is 12.8. The van der Waals surface area contributed by atoms with E-state index in [1.165, 1.54) is 47.4 Å². The van der Waals surface area contributed by atoms with Crippen molar-refractivity contribution in [3.8, 4) is 5.75 Å². The number of ether oxygens (including phenoxy) is 2. The Kier molecular flexibility index (Phi) is 7.52. The molecule has 0 spiro atoms. The molecular weight excluding hydrogens is 490 g/mol. The molecule has 0 bridgehead atoms. The van der Waals surface area contributed by atoms with Crippen LogP contribution in [0, 0.1) is 0 Å². The molecule has 10 heteroatoms. The van der Waals surface area contributed by atoms with E-state index in [0.717, 1.165) is 0 Å². The van der Waals surface area contributed by atoms with E-state index < -0.39 is 18.0 Å². The number of nitrogens with zero attached hydrogens (tertiary/aromatic N) is 1. The molecule has 1 aliphatic rings. The summed E-state index contributed by atoms with van der Waals surface area (Å²) < 4.78 is 9.67. The van der Waals surface area contributed by atoms with Crippen molar-refractivity contribution in [2.24, 2.45) is 0 Å². The van der Waals surface area contributed by atoms with Gasteiger partial charge in [-0.1, -0.05) is 0 Å². The minimum absolute atomic E-state index is 0.191. The van der Waals surface area contributed by atoms with Crippen molar-refractivity contribution < 1.29 is 33.4 Å². The van der Waals surface area contributed by atoms with Gasteiger partial charge in [0.05, 0.1) is 17.7 Å². The van der Waals surface area contributed by atoms with Gasteiger partial charge in [-0.2, -0.15) is 0 Å². The molecule has 194 valence electrons. The molecule has 2 N–H and O–H groups in total. The van der Waals surface area contributed by atoms with Crippen molar-refractivity contribution in [3.05, 3.63) is 89.0 Å². The van der Waals surface area contributed by atoms with Gasteiger partial charge in [0.1, 0.15) is 5.75 Å². The number of benzene rings is 3. The number of nitrogens with one attached hydrogen (secondary N) is 2. The first-order valence-electron chi connectivity index (χ1n) is 11.9. The van der Waals surface area contributed by atoms with Gasteiger partial charge in [-0.25, -0.2) is 4.79 Å². The lowest BCUT2D eigenvalue weighted by atomic mass is 10.1. The van der Waals surface area contributed by atoms with Crippen LogP contribution in [0.25, 0.3) is 0 Å². The average molecular weight is 516 g/mol. The summed E-state index contributed by atoms with van der Waals surface area (Å²) in [5.74, 6) is -1.37. The Bertz CT molecular complexity index is 1410. The van der Waals surface area contributed by atoms with E-state index >= 15 is 0 Å². The lowest BCUT2D eigenvalue weighted by Crippen LogP contribution is -2.35. The molecule has 38 heavy (non-hydrogen) atoms. The van der Waals surface area contributed by atoms with E-state index in [2.05, 4.69) is 10.6 Å². The van der Waals surface area contributed by atoms with Crippen molar-refractivity contribution in [3.63, 3.8) is 0 Å². The minimum atomic E-state index is -0.825. The molecular formula is C28H25N3O7. The molecule has 4 amide bonds. The van der Waals surface area contributed by atoms with Crippen molar-refractivity contribution in [2.45, 2.75) is 26.8 Å². The van der Waals surface area contributed by atoms with Crippen LogP contribution in [0.4, 0.5) is 16.2 Å². The Morgan fingerprint density at radius 3 is 1.84 bits per heavy atom. The average Bonchev–Trinajstić information content (AvgIpc) is 3.15. The summed E-state index contributed by atoms with van der Waals surface area (Å²) in [6, 6.07) is 16.6. The van der Waals surface area contributed by atoms with Gasteiger partial charge in [-0.05, 0) is 87.5 Å². The van der Waals surface area contributed by atoms with Gasteiger partial charge in [-0.3, -0.25) is 24.1 Å². The van der Waals surface area contributed by atoms with Crippen LogP contribution in [0.2, 0.25) is 0 Å². The number of fused-ring (bicyclic) bond motifs is 1. The SMILES string of the molecule is CCOC(=O)Oc1ccc(C(=O)Nc2ccc(NC(=O)c3ccc4c(c3)C(=O)N(C(C)C)C4=O)cc2)cc1. The molecule has 0 aliphatic carbocycles. The van der Waals surface area contributed by atoms with Gasteiger partial charge in [0.15, 0.2) is 0 Å². The summed E-state index contributed by atoms with van der Waals surface area (Å²) in [5.41, 5.74) is 2.04. The second-order valence-corrected chi connectivity index (χ2v) is 8.63. The highest BCUT2D eigenvalue weighted by Crippen LogP contribution is 2.26. The second kappa shape index (κ2) is 11.0. The fourth-order valence-corrected chi connectivity index (χ4v) is 3.83. The van der Waals surface area contributed by atoms with Crippen LogP contribution in [0.1, 0.15) is 62.2 Å². The second-order valence-electron chi connectivity index (χ2n) is 8.63. The summed E-state index contributed by atoms with van der Waals surface area (Å²) in [4.78, 5) is 62.9. The van der Waals surface area contributed by atoms with Gasteiger partial charge >= 0.3 is 6.16 Å². The number of carbonyl (C=O) groups excluding carboxylic acids is 5. The molecule has 1 aliphatic heterocycles. The highest BCUT2D eigenvalue weighted by Gasteiger charge is 2.37. The number of rotatable bonds is 7. The van der Waals surface area contributed by atoms with Crippen LogP contribution < -0.4 is 15.4 Å². The lowest BCUT2D eigenvalue weighted by Gasteiger charge is -2.17. The molecule has 0 unspecified atom stereocenters. The van der Waals surface area contributed by atoms with Crippen LogP contribution in [0.3, 0.4) is 0 Å². The summed E-state index contributed by atoms with van der Waals surface area (Å²) >= 11 is 0. The third-order valence-electron chi connectivity index (χ3n) is 5.68. The zero-order valence-corrected chi connectivity index (χ0v) is 20.9. The first-order chi connectivity index (χ1) is 18.2. The fraction of sp³-hybridized carbons (Fsp3) is 0.179. The first kappa shape index (κ1) is 26.1. The summed E-state index contributed by atoms with van der Waals surface area (Å²) in [7, 11) is 0. The van der Waals surface area contributed by atoms with E-state index in [1.807, 2.05) is 0 Å². The predicted molar refractivity (Wildman–Crippen MR) is 139 cm³/mol. The monoisotopic (exact) mass is 515 g/mol. The molecule has 10 nitrogen and oxygen atoms in total. The Hall–Kier alpha value is -4.99. The largest absolute Gasteiger partial charge is 0.513 e. The van der Waals surface area contributed by atoms with E-state index in [0.29, 0.717) is 16.9 Å². The van der Waals surface area contributed by atoms with Gasteiger partial charge in [0.2, 0.25) is 0 Å². The molecule has 0 fully saturated rings. The molecule has 0 aromatic heterocycles. The Morgan fingerprint density at radius 2 is 1.29 bits per heavy atom. The zero-order chi connectivity index (χ0) is 27.4. The van der Waals surface area contributed by atoms with Gasteiger partial charge in [0, 0.05) is 28.5 Å². The molecule has 3 aromatic rings. The maximum Gasteiger partial charge on any atom is 0.513 e. The van der Waals surface area contributed by atoms with Crippen LogP contribution >= 0.6 is 0 Å². The number of carbonyl (C=O) groups is 5. The summed E-state index contributed by atoms with van der Waals surface area (Å²) in [6.45, 7) is 5.36. The molecule has 0 saturated carbocycles. The van der Waals surface area contributed by atoms with Crippen molar-refractivity contribution in [1.82, 2.24) is 4.90 Å². The van der Waals surface area contributed by atoms with Crippen LogP contribution in [0.15, 0.2) is 66.7 Å². The Morgan fingerprint density at radius 1 is 0.763 bits per heavy atom. The number of amides is 4. The quantitative estimate of drug-likeness (QED) is 0.264. The summed E-state index contributed by atoms with van der Waals surface area (Å²) in [5, 5.41) is 5.48. The van der Waals surface area contributed by atoms with Crippen molar-refractivity contribution in [2.75, 3.05) is 17.2 Å². The van der Waals surface area contributed by atoms with Crippen LogP contribution in [-0.4, -0.2) is 47.3 Å². The van der Waals surface area contributed by atoms with E-state index in [9.17, 15) is 24.0 Å². The van der Waals surface area contributed by atoms with Crippen LogP contribution in [0.5, 0.6) is 5.75 Å². The Labute approximate surface area is 218 Å². The van der Waals surface area contributed by atoms with Gasteiger partial charge in [-0.15, -0.1) is 0 Å². The van der Waals surface area contributed by atoms with Gasteiger partial charge < -0.3 is 20.1 Å². The number of anilines is 2. The molecule has 4 rings (SSSR count).